The molecule has 3 nitrogen and oxygen atoms in total. The Balaban J connectivity index is 1.69. The molecule has 2 aromatic rings. The fraction of sp³-hybridized carbons (Fsp3) is 0.458. The summed E-state index contributed by atoms with van der Waals surface area (Å²) in [6.45, 7) is 6.67. The quantitative estimate of drug-likeness (QED) is 0.751. The lowest BCUT2D eigenvalue weighted by atomic mass is 9.88. The van der Waals surface area contributed by atoms with E-state index in [2.05, 4.69) is 67.3 Å². The third-order valence-electron chi connectivity index (χ3n) is 5.95. The van der Waals surface area contributed by atoms with Crippen molar-refractivity contribution in [3.63, 3.8) is 0 Å². The highest BCUT2D eigenvalue weighted by Gasteiger charge is 2.28. The molecule has 0 radical (unpaired) electrons. The SMILES string of the molecule is CC(C)N1CCC(N(C)C(=O)CC(c2ccccc2)c2ccccc2)CC1. The van der Waals surface area contributed by atoms with Gasteiger partial charge in [0.05, 0.1) is 0 Å². The van der Waals surface area contributed by atoms with Crippen LogP contribution >= 0.6 is 0 Å². The summed E-state index contributed by atoms with van der Waals surface area (Å²) >= 11 is 0. The fourth-order valence-electron chi connectivity index (χ4n) is 4.11. The Morgan fingerprint density at radius 1 is 0.963 bits per heavy atom. The highest BCUT2D eigenvalue weighted by Crippen LogP contribution is 2.29. The first-order chi connectivity index (χ1) is 13.1. The molecule has 0 spiro atoms. The summed E-state index contributed by atoms with van der Waals surface area (Å²) in [4.78, 5) is 17.6. The van der Waals surface area contributed by atoms with Crippen molar-refractivity contribution >= 4 is 5.91 Å². The van der Waals surface area contributed by atoms with E-state index in [1.807, 2.05) is 24.1 Å². The average Bonchev–Trinajstić information content (AvgIpc) is 2.72. The molecule has 1 fully saturated rings. The number of hydrogen-bond acceptors (Lipinski definition) is 2. The Kier molecular flexibility index (Phi) is 6.68. The van der Waals surface area contributed by atoms with Gasteiger partial charge in [-0.3, -0.25) is 4.79 Å². The van der Waals surface area contributed by atoms with Crippen LogP contribution in [0.1, 0.15) is 50.2 Å². The number of hydrogen-bond donors (Lipinski definition) is 0. The molecule has 0 bridgehead atoms. The fourth-order valence-corrected chi connectivity index (χ4v) is 4.11. The number of piperidine rings is 1. The number of likely N-dealkylation sites (tertiary alicyclic amines) is 1. The second-order valence-electron chi connectivity index (χ2n) is 7.94. The molecule has 0 atom stereocenters. The smallest absolute Gasteiger partial charge is 0.223 e. The van der Waals surface area contributed by atoms with Gasteiger partial charge in [0.25, 0.3) is 0 Å². The molecule has 2 aromatic carbocycles. The molecule has 1 saturated heterocycles. The van der Waals surface area contributed by atoms with Crippen LogP contribution in [0.5, 0.6) is 0 Å². The van der Waals surface area contributed by atoms with E-state index in [1.165, 1.54) is 11.1 Å². The van der Waals surface area contributed by atoms with Crippen molar-refractivity contribution in [2.45, 2.75) is 51.1 Å². The van der Waals surface area contributed by atoms with Crippen LogP contribution in [0.4, 0.5) is 0 Å². The second-order valence-corrected chi connectivity index (χ2v) is 7.94. The molecular formula is C24H32N2O. The van der Waals surface area contributed by atoms with Crippen molar-refractivity contribution in [3.05, 3.63) is 71.8 Å². The van der Waals surface area contributed by atoms with Gasteiger partial charge in [-0.2, -0.15) is 0 Å². The van der Waals surface area contributed by atoms with Gasteiger partial charge < -0.3 is 9.80 Å². The molecule has 0 saturated carbocycles. The van der Waals surface area contributed by atoms with Crippen molar-refractivity contribution in [1.29, 1.82) is 0 Å². The molecule has 0 N–H and O–H groups in total. The molecule has 0 unspecified atom stereocenters. The van der Waals surface area contributed by atoms with Crippen molar-refractivity contribution in [3.8, 4) is 0 Å². The topological polar surface area (TPSA) is 23.6 Å². The second kappa shape index (κ2) is 9.18. The molecule has 1 amide bonds. The van der Waals surface area contributed by atoms with Gasteiger partial charge in [-0.1, -0.05) is 60.7 Å². The molecule has 0 aromatic heterocycles. The number of amides is 1. The van der Waals surface area contributed by atoms with E-state index < -0.39 is 0 Å². The van der Waals surface area contributed by atoms with Gasteiger partial charge >= 0.3 is 0 Å². The zero-order valence-electron chi connectivity index (χ0n) is 16.8. The van der Waals surface area contributed by atoms with Crippen LogP contribution in [0.2, 0.25) is 0 Å². The van der Waals surface area contributed by atoms with Gasteiger partial charge in [0.2, 0.25) is 5.91 Å². The first-order valence-corrected chi connectivity index (χ1v) is 10.2. The predicted molar refractivity (Wildman–Crippen MR) is 112 cm³/mol. The number of carbonyl (C=O) groups is 1. The van der Waals surface area contributed by atoms with Gasteiger partial charge in [0.15, 0.2) is 0 Å². The average molecular weight is 365 g/mol. The highest BCUT2D eigenvalue weighted by molar-refractivity contribution is 5.78. The van der Waals surface area contributed by atoms with Crippen molar-refractivity contribution in [1.82, 2.24) is 9.80 Å². The Morgan fingerprint density at radius 2 is 1.44 bits per heavy atom. The van der Waals surface area contributed by atoms with Gasteiger partial charge in [-0.25, -0.2) is 0 Å². The minimum Gasteiger partial charge on any atom is -0.343 e. The molecule has 3 rings (SSSR count). The van der Waals surface area contributed by atoms with E-state index in [9.17, 15) is 4.79 Å². The summed E-state index contributed by atoms with van der Waals surface area (Å²) < 4.78 is 0. The standard InChI is InChI=1S/C24H32N2O/c1-19(2)26-16-14-22(15-17-26)25(3)24(27)18-23(20-10-6-4-7-11-20)21-12-8-5-9-13-21/h4-13,19,22-23H,14-18H2,1-3H3. The molecule has 1 aliphatic rings. The Hall–Kier alpha value is -2.13. The van der Waals surface area contributed by atoms with Gasteiger partial charge in [0, 0.05) is 44.6 Å². The van der Waals surface area contributed by atoms with E-state index in [0.29, 0.717) is 18.5 Å². The van der Waals surface area contributed by atoms with Crippen LogP contribution in [0, 0.1) is 0 Å². The summed E-state index contributed by atoms with van der Waals surface area (Å²) in [6, 6.07) is 21.8. The monoisotopic (exact) mass is 364 g/mol. The molecule has 144 valence electrons. The minimum absolute atomic E-state index is 0.109. The summed E-state index contributed by atoms with van der Waals surface area (Å²) in [5, 5.41) is 0. The third kappa shape index (κ3) is 4.98. The summed E-state index contributed by atoms with van der Waals surface area (Å²) in [5.74, 6) is 0.355. The zero-order chi connectivity index (χ0) is 19.2. The van der Waals surface area contributed by atoms with Crippen LogP contribution in [0.3, 0.4) is 0 Å². The molecule has 0 aliphatic carbocycles. The Morgan fingerprint density at radius 3 is 1.89 bits per heavy atom. The highest BCUT2D eigenvalue weighted by atomic mass is 16.2. The number of benzene rings is 2. The van der Waals surface area contributed by atoms with Crippen LogP contribution in [-0.2, 0) is 4.79 Å². The maximum Gasteiger partial charge on any atom is 0.223 e. The van der Waals surface area contributed by atoms with Gasteiger partial charge in [-0.15, -0.1) is 0 Å². The van der Waals surface area contributed by atoms with Crippen LogP contribution < -0.4 is 0 Å². The third-order valence-corrected chi connectivity index (χ3v) is 5.95. The number of rotatable bonds is 6. The summed E-state index contributed by atoms with van der Waals surface area (Å²) in [6.07, 6.45) is 2.67. The van der Waals surface area contributed by atoms with Gasteiger partial charge in [-0.05, 0) is 37.8 Å². The van der Waals surface area contributed by atoms with Crippen LogP contribution in [0.25, 0.3) is 0 Å². The first-order valence-electron chi connectivity index (χ1n) is 10.2. The lowest BCUT2D eigenvalue weighted by Gasteiger charge is -2.39. The van der Waals surface area contributed by atoms with Gasteiger partial charge in [0.1, 0.15) is 0 Å². The maximum atomic E-state index is 13.1. The Labute approximate surface area is 164 Å². The summed E-state index contributed by atoms with van der Waals surface area (Å²) in [5.41, 5.74) is 2.42. The van der Waals surface area contributed by atoms with E-state index in [1.54, 1.807) is 0 Å². The normalized spacial score (nSPS) is 16.0. The minimum atomic E-state index is 0.109. The first kappa shape index (κ1) is 19.6. The molecule has 3 heteroatoms. The van der Waals surface area contributed by atoms with E-state index in [4.69, 9.17) is 0 Å². The lowest BCUT2D eigenvalue weighted by molar-refractivity contribution is -0.133. The molecule has 1 heterocycles. The van der Waals surface area contributed by atoms with E-state index in [0.717, 1.165) is 25.9 Å². The Bertz CT molecular complexity index is 666. The zero-order valence-corrected chi connectivity index (χ0v) is 16.8. The summed E-state index contributed by atoms with van der Waals surface area (Å²) in [7, 11) is 1.99. The van der Waals surface area contributed by atoms with Crippen LogP contribution in [-0.4, -0.2) is 47.9 Å². The maximum absolute atomic E-state index is 13.1. The predicted octanol–water partition coefficient (Wildman–Crippen LogP) is 4.54. The molecular weight excluding hydrogens is 332 g/mol. The lowest BCUT2D eigenvalue weighted by Crippen LogP contribution is -2.47. The van der Waals surface area contributed by atoms with Crippen molar-refractivity contribution < 1.29 is 4.79 Å². The molecule has 1 aliphatic heterocycles. The van der Waals surface area contributed by atoms with Crippen molar-refractivity contribution in [2.24, 2.45) is 0 Å². The number of nitrogens with zero attached hydrogens (tertiary/aromatic N) is 2. The number of carbonyl (C=O) groups excluding carboxylic acids is 1. The van der Waals surface area contributed by atoms with Crippen LogP contribution in [0.15, 0.2) is 60.7 Å². The van der Waals surface area contributed by atoms with E-state index >= 15 is 0 Å². The van der Waals surface area contributed by atoms with Crippen molar-refractivity contribution in [2.75, 3.05) is 20.1 Å². The largest absolute Gasteiger partial charge is 0.343 e. The van der Waals surface area contributed by atoms with E-state index in [-0.39, 0.29) is 11.8 Å². The molecule has 27 heavy (non-hydrogen) atoms.